The smallest absolute Gasteiger partial charge is 0.296 e. The van der Waals surface area contributed by atoms with Crippen molar-refractivity contribution < 1.29 is 4.79 Å². The Morgan fingerprint density at radius 1 is 1.20 bits per heavy atom. The molecule has 0 spiro atoms. The number of hydrogen-bond acceptors (Lipinski definition) is 1. The first-order valence-electron chi connectivity index (χ1n) is 5.33. The van der Waals surface area contributed by atoms with E-state index in [-0.39, 0.29) is 11.4 Å². The molecule has 2 nitrogen and oxygen atoms in total. The van der Waals surface area contributed by atoms with Gasteiger partial charge in [0.15, 0.2) is 0 Å². The minimum atomic E-state index is -0.367. The minimum Gasteiger partial charge on any atom is -0.296 e. The van der Waals surface area contributed by atoms with E-state index in [1.54, 1.807) is 4.90 Å². The summed E-state index contributed by atoms with van der Waals surface area (Å²) in [6.07, 6.45) is 4.51. The summed E-state index contributed by atoms with van der Waals surface area (Å²) < 4.78 is 0. The van der Waals surface area contributed by atoms with Crippen molar-refractivity contribution in [3.05, 3.63) is 30.3 Å². The van der Waals surface area contributed by atoms with Crippen LogP contribution in [0.3, 0.4) is 0 Å². The number of rotatable bonds is 2. The zero-order valence-electron chi connectivity index (χ0n) is 8.53. The largest absolute Gasteiger partial charge is 0.321 e. The van der Waals surface area contributed by atoms with Crippen LogP contribution in [0.1, 0.15) is 25.7 Å². The van der Waals surface area contributed by atoms with E-state index >= 15 is 0 Å². The van der Waals surface area contributed by atoms with Gasteiger partial charge in [-0.05, 0) is 36.6 Å². The highest BCUT2D eigenvalue weighted by Crippen LogP contribution is 2.29. The predicted molar refractivity (Wildman–Crippen MR) is 62.4 cm³/mol. The summed E-state index contributed by atoms with van der Waals surface area (Å²) in [6.45, 7) is 0. The number of carbonyl (C=O) groups is 1. The fourth-order valence-corrected chi connectivity index (χ4v) is 2.44. The van der Waals surface area contributed by atoms with E-state index < -0.39 is 0 Å². The summed E-state index contributed by atoms with van der Waals surface area (Å²) in [5.41, 5.74) is 0.907. The van der Waals surface area contributed by atoms with Crippen LogP contribution in [0.25, 0.3) is 0 Å². The van der Waals surface area contributed by atoms with Crippen molar-refractivity contribution in [2.24, 2.45) is 0 Å². The second kappa shape index (κ2) is 4.67. The van der Waals surface area contributed by atoms with Gasteiger partial charge >= 0.3 is 5.37 Å². The lowest BCUT2D eigenvalue weighted by Crippen LogP contribution is -2.35. The van der Waals surface area contributed by atoms with Gasteiger partial charge in [-0.15, -0.1) is 0 Å². The SMILES string of the molecule is O=C(Cl)N(c1ccccc1)C1CCCC1. The molecule has 0 radical (unpaired) electrons. The number of halogens is 1. The normalized spacial score (nSPS) is 16.6. The first-order valence-corrected chi connectivity index (χ1v) is 5.70. The van der Waals surface area contributed by atoms with E-state index in [4.69, 9.17) is 11.6 Å². The lowest BCUT2D eigenvalue weighted by atomic mass is 10.2. The molecule has 0 saturated heterocycles. The molecule has 1 saturated carbocycles. The summed E-state index contributed by atoms with van der Waals surface area (Å²) in [6, 6.07) is 9.94. The van der Waals surface area contributed by atoms with Crippen LogP contribution >= 0.6 is 11.6 Å². The molecule has 0 heterocycles. The van der Waals surface area contributed by atoms with Crippen molar-refractivity contribution in [1.82, 2.24) is 0 Å². The molecule has 0 atom stereocenters. The number of hydrogen-bond donors (Lipinski definition) is 0. The molecule has 2 rings (SSSR count). The van der Waals surface area contributed by atoms with Crippen molar-refractivity contribution in [2.75, 3.05) is 4.90 Å². The molecule has 0 N–H and O–H groups in total. The Bertz CT molecular complexity index is 333. The topological polar surface area (TPSA) is 20.3 Å². The predicted octanol–water partition coefficient (Wildman–Crippen LogP) is 3.79. The molecule has 0 bridgehead atoms. The monoisotopic (exact) mass is 223 g/mol. The van der Waals surface area contributed by atoms with Gasteiger partial charge in [-0.3, -0.25) is 9.69 Å². The summed E-state index contributed by atoms with van der Waals surface area (Å²) in [5.74, 6) is 0. The van der Waals surface area contributed by atoms with Crippen LogP contribution in [0.2, 0.25) is 0 Å². The molecule has 0 unspecified atom stereocenters. The zero-order chi connectivity index (χ0) is 10.7. The van der Waals surface area contributed by atoms with Crippen LogP contribution in [0, 0.1) is 0 Å². The maximum atomic E-state index is 11.4. The Labute approximate surface area is 94.8 Å². The van der Waals surface area contributed by atoms with E-state index in [9.17, 15) is 4.79 Å². The first-order chi connectivity index (χ1) is 7.29. The Morgan fingerprint density at radius 2 is 1.80 bits per heavy atom. The molecule has 1 aliphatic rings. The highest BCUT2D eigenvalue weighted by molar-refractivity contribution is 6.66. The standard InChI is InChI=1S/C12H14ClNO/c13-12(15)14(11-8-4-5-9-11)10-6-2-1-3-7-10/h1-3,6-7,11H,4-5,8-9H2. The van der Waals surface area contributed by atoms with Crippen LogP contribution in [-0.4, -0.2) is 11.4 Å². The number of amides is 1. The second-order valence-corrected chi connectivity index (χ2v) is 4.22. The molecule has 1 aliphatic carbocycles. The van der Waals surface area contributed by atoms with E-state index in [0.29, 0.717) is 0 Å². The van der Waals surface area contributed by atoms with Gasteiger partial charge in [0.1, 0.15) is 0 Å². The van der Waals surface area contributed by atoms with Gasteiger partial charge in [0, 0.05) is 11.7 Å². The Kier molecular flexibility index (Phi) is 3.27. The molecule has 80 valence electrons. The maximum absolute atomic E-state index is 11.4. The van der Waals surface area contributed by atoms with Gasteiger partial charge in [-0.25, -0.2) is 0 Å². The molecule has 0 aliphatic heterocycles. The number of benzene rings is 1. The van der Waals surface area contributed by atoms with Crippen LogP contribution in [0.15, 0.2) is 30.3 Å². The molecular formula is C12H14ClNO. The van der Waals surface area contributed by atoms with Crippen molar-refractivity contribution in [3.8, 4) is 0 Å². The summed E-state index contributed by atoms with van der Waals surface area (Å²) in [4.78, 5) is 13.1. The molecule has 3 heteroatoms. The molecule has 1 amide bonds. The molecule has 1 aromatic rings. The first kappa shape index (κ1) is 10.5. The van der Waals surface area contributed by atoms with Gasteiger partial charge in [0.05, 0.1) is 0 Å². The Balaban J connectivity index is 2.23. The van der Waals surface area contributed by atoms with Gasteiger partial charge in [0.2, 0.25) is 0 Å². The lowest BCUT2D eigenvalue weighted by Gasteiger charge is -2.26. The van der Waals surface area contributed by atoms with E-state index in [1.165, 1.54) is 12.8 Å². The van der Waals surface area contributed by atoms with Crippen molar-refractivity contribution >= 4 is 22.7 Å². The Morgan fingerprint density at radius 3 is 2.33 bits per heavy atom. The number of para-hydroxylation sites is 1. The van der Waals surface area contributed by atoms with Crippen LogP contribution < -0.4 is 4.90 Å². The van der Waals surface area contributed by atoms with E-state index in [0.717, 1.165) is 18.5 Å². The third-order valence-electron chi connectivity index (χ3n) is 2.91. The summed E-state index contributed by atoms with van der Waals surface area (Å²) in [5, 5.41) is -0.367. The fraction of sp³-hybridized carbons (Fsp3) is 0.417. The van der Waals surface area contributed by atoms with E-state index in [1.807, 2.05) is 30.3 Å². The third-order valence-corrected chi connectivity index (χ3v) is 3.10. The van der Waals surface area contributed by atoms with Gasteiger partial charge in [-0.1, -0.05) is 31.0 Å². The molecule has 0 aromatic heterocycles. The van der Waals surface area contributed by atoms with Gasteiger partial charge < -0.3 is 0 Å². The lowest BCUT2D eigenvalue weighted by molar-refractivity contribution is 0.262. The average Bonchev–Trinajstić information content (AvgIpc) is 2.72. The second-order valence-electron chi connectivity index (χ2n) is 3.90. The third kappa shape index (κ3) is 2.32. The van der Waals surface area contributed by atoms with Crippen molar-refractivity contribution in [2.45, 2.75) is 31.7 Å². The Hall–Kier alpha value is -1.02. The molecular weight excluding hydrogens is 210 g/mol. The molecule has 1 fully saturated rings. The highest BCUT2D eigenvalue weighted by atomic mass is 35.5. The van der Waals surface area contributed by atoms with Gasteiger partial charge in [-0.2, -0.15) is 0 Å². The zero-order valence-corrected chi connectivity index (χ0v) is 9.28. The summed E-state index contributed by atoms with van der Waals surface area (Å²) >= 11 is 5.65. The maximum Gasteiger partial charge on any atom is 0.321 e. The quantitative estimate of drug-likeness (QED) is 0.552. The molecule has 1 aromatic carbocycles. The van der Waals surface area contributed by atoms with Crippen LogP contribution in [-0.2, 0) is 0 Å². The van der Waals surface area contributed by atoms with Crippen molar-refractivity contribution in [3.63, 3.8) is 0 Å². The van der Waals surface area contributed by atoms with E-state index in [2.05, 4.69) is 0 Å². The molecule has 15 heavy (non-hydrogen) atoms. The fourth-order valence-electron chi connectivity index (χ4n) is 2.21. The summed E-state index contributed by atoms with van der Waals surface area (Å²) in [7, 11) is 0. The van der Waals surface area contributed by atoms with Crippen LogP contribution in [0.4, 0.5) is 10.5 Å². The van der Waals surface area contributed by atoms with Crippen molar-refractivity contribution in [1.29, 1.82) is 0 Å². The minimum absolute atomic E-state index is 0.289. The number of nitrogens with zero attached hydrogens (tertiary/aromatic N) is 1. The van der Waals surface area contributed by atoms with Gasteiger partial charge in [0.25, 0.3) is 0 Å². The number of carbonyl (C=O) groups excluding carboxylic acids is 1. The number of anilines is 1. The highest BCUT2D eigenvalue weighted by Gasteiger charge is 2.26. The van der Waals surface area contributed by atoms with Crippen LogP contribution in [0.5, 0.6) is 0 Å². The average molecular weight is 224 g/mol.